The fourth-order valence-corrected chi connectivity index (χ4v) is 2.77. The van der Waals surface area contributed by atoms with Gasteiger partial charge in [0, 0.05) is 24.7 Å². The first kappa shape index (κ1) is 12.4. The summed E-state index contributed by atoms with van der Waals surface area (Å²) in [5, 5.41) is 6.59. The fourth-order valence-electron chi connectivity index (χ4n) is 2.21. The van der Waals surface area contributed by atoms with Crippen LogP contribution in [0.5, 0.6) is 0 Å². The lowest BCUT2D eigenvalue weighted by Crippen LogP contribution is -2.36. The first-order chi connectivity index (χ1) is 9.43. The molecule has 1 aromatic heterocycles. The van der Waals surface area contributed by atoms with Crippen LogP contribution in [-0.4, -0.2) is 31.3 Å². The maximum absolute atomic E-state index is 5.41. The second-order valence-electron chi connectivity index (χ2n) is 4.40. The summed E-state index contributed by atoms with van der Waals surface area (Å²) in [6.45, 7) is 4.30. The van der Waals surface area contributed by atoms with Crippen LogP contribution in [0.25, 0.3) is 0 Å². The van der Waals surface area contributed by atoms with Gasteiger partial charge in [-0.25, -0.2) is 4.98 Å². The van der Waals surface area contributed by atoms with Crippen molar-refractivity contribution in [1.29, 1.82) is 0 Å². The van der Waals surface area contributed by atoms with Crippen molar-refractivity contribution in [3.05, 3.63) is 40.8 Å². The van der Waals surface area contributed by atoms with E-state index in [2.05, 4.69) is 39.5 Å². The van der Waals surface area contributed by atoms with Crippen molar-refractivity contribution < 1.29 is 4.74 Å². The van der Waals surface area contributed by atoms with Crippen molar-refractivity contribution in [3.63, 3.8) is 0 Å². The van der Waals surface area contributed by atoms with E-state index in [1.807, 2.05) is 11.6 Å². The van der Waals surface area contributed by atoms with E-state index in [-0.39, 0.29) is 0 Å². The van der Waals surface area contributed by atoms with Gasteiger partial charge in [-0.15, -0.1) is 11.3 Å². The Hall–Kier alpha value is -1.59. The van der Waals surface area contributed by atoms with Gasteiger partial charge in [-0.3, -0.25) is 0 Å². The number of hydrogen-bond donors (Lipinski definition) is 1. The topological polar surface area (TPSA) is 37.4 Å². The van der Waals surface area contributed by atoms with Gasteiger partial charge in [0.1, 0.15) is 5.01 Å². The first-order valence-electron chi connectivity index (χ1n) is 6.47. The number of benzene rings is 1. The number of thiazole rings is 1. The quantitative estimate of drug-likeness (QED) is 0.930. The van der Waals surface area contributed by atoms with Crippen molar-refractivity contribution in [2.24, 2.45) is 0 Å². The van der Waals surface area contributed by atoms with Crippen LogP contribution in [0.4, 0.5) is 11.4 Å². The molecular formula is C14H17N3OS. The van der Waals surface area contributed by atoms with E-state index >= 15 is 0 Å². The molecule has 5 heteroatoms. The number of rotatable bonds is 4. The molecule has 1 saturated heterocycles. The smallest absolute Gasteiger partial charge is 0.112 e. The van der Waals surface area contributed by atoms with Gasteiger partial charge in [-0.1, -0.05) is 12.1 Å². The van der Waals surface area contributed by atoms with Crippen molar-refractivity contribution in [3.8, 4) is 0 Å². The van der Waals surface area contributed by atoms with Gasteiger partial charge < -0.3 is 15.0 Å². The van der Waals surface area contributed by atoms with Gasteiger partial charge in [0.2, 0.25) is 0 Å². The Morgan fingerprint density at radius 1 is 1.26 bits per heavy atom. The summed E-state index contributed by atoms with van der Waals surface area (Å²) in [4.78, 5) is 6.66. The number of para-hydroxylation sites is 2. The summed E-state index contributed by atoms with van der Waals surface area (Å²) >= 11 is 1.68. The maximum atomic E-state index is 5.41. The molecule has 3 rings (SSSR count). The third-order valence-electron chi connectivity index (χ3n) is 3.17. The summed E-state index contributed by atoms with van der Waals surface area (Å²) in [6.07, 6.45) is 1.84. The molecule has 19 heavy (non-hydrogen) atoms. The van der Waals surface area contributed by atoms with Gasteiger partial charge in [-0.2, -0.15) is 0 Å². The van der Waals surface area contributed by atoms with Crippen LogP contribution in [0.15, 0.2) is 35.8 Å². The molecule has 1 fully saturated rings. The predicted octanol–water partition coefficient (Wildman–Crippen LogP) is 2.59. The molecule has 100 valence electrons. The number of ether oxygens (including phenoxy) is 1. The molecule has 0 unspecified atom stereocenters. The fraction of sp³-hybridized carbons (Fsp3) is 0.357. The highest BCUT2D eigenvalue weighted by molar-refractivity contribution is 7.09. The Morgan fingerprint density at radius 2 is 2.11 bits per heavy atom. The molecule has 0 spiro atoms. The minimum Gasteiger partial charge on any atom is -0.378 e. The van der Waals surface area contributed by atoms with E-state index in [1.165, 1.54) is 11.4 Å². The van der Waals surface area contributed by atoms with Crippen molar-refractivity contribution in [2.45, 2.75) is 6.54 Å². The summed E-state index contributed by atoms with van der Waals surface area (Å²) in [5.74, 6) is 0. The summed E-state index contributed by atoms with van der Waals surface area (Å²) in [7, 11) is 0. The van der Waals surface area contributed by atoms with E-state index in [0.29, 0.717) is 0 Å². The van der Waals surface area contributed by atoms with Crippen LogP contribution >= 0.6 is 11.3 Å². The summed E-state index contributed by atoms with van der Waals surface area (Å²) < 4.78 is 5.41. The predicted molar refractivity (Wildman–Crippen MR) is 78.9 cm³/mol. The van der Waals surface area contributed by atoms with E-state index < -0.39 is 0 Å². The van der Waals surface area contributed by atoms with Gasteiger partial charge in [0.05, 0.1) is 31.1 Å². The average molecular weight is 275 g/mol. The van der Waals surface area contributed by atoms with E-state index in [1.54, 1.807) is 11.3 Å². The average Bonchev–Trinajstić information content (AvgIpc) is 3.00. The van der Waals surface area contributed by atoms with Gasteiger partial charge in [0.15, 0.2) is 0 Å². The van der Waals surface area contributed by atoms with Crippen molar-refractivity contribution >= 4 is 22.7 Å². The molecular weight excluding hydrogens is 258 g/mol. The normalized spacial score (nSPS) is 15.5. The van der Waals surface area contributed by atoms with Crippen molar-refractivity contribution in [1.82, 2.24) is 4.98 Å². The zero-order valence-electron chi connectivity index (χ0n) is 10.7. The number of nitrogens with zero attached hydrogens (tertiary/aromatic N) is 2. The Bertz CT molecular complexity index is 509. The molecule has 1 N–H and O–H groups in total. The highest BCUT2D eigenvalue weighted by atomic mass is 32.1. The summed E-state index contributed by atoms with van der Waals surface area (Å²) in [5.41, 5.74) is 2.42. The van der Waals surface area contributed by atoms with E-state index in [0.717, 1.165) is 37.9 Å². The monoisotopic (exact) mass is 275 g/mol. The standard InChI is InChI=1S/C14H17N3OS/c1-2-4-13(17-6-8-18-9-7-17)12(3-1)16-11-14-15-5-10-19-14/h1-5,10,16H,6-9,11H2. The Morgan fingerprint density at radius 3 is 2.89 bits per heavy atom. The van der Waals surface area contributed by atoms with Crippen LogP contribution in [0.1, 0.15) is 5.01 Å². The molecule has 2 aromatic rings. The van der Waals surface area contributed by atoms with Gasteiger partial charge in [0.25, 0.3) is 0 Å². The second-order valence-corrected chi connectivity index (χ2v) is 5.38. The number of hydrogen-bond acceptors (Lipinski definition) is 5. The first-order valence-corrected chi connectivity index (χ1v) is 7.35. The second kappa shape index (κ2) is 6.04. The van der Waals surface area contributed by atoms with Crippen molar-refractivity contribution in [2.75, 3.05) is 36.5 Å². The van der Waals surface area contributed by atoms with Crippen LogP contribution in [0.3, 0.4) is 0 Å². The number of anilines is 2. The largest absolute Gasteiger partial charge is 0.378 e. The van der Waals surface area contributed by atoms with Gasteiger partial charge in [-0.05, 0) is 12.1 Å². The SMILES string of the molecule is c1ccc(N2CCOCC2)c(NCc2nccs2)c1. The maximum Gasteiger partial charge on any atom is 0.112 e. The highest BCUT2D eigenvalue weighted by Crippen LogP contribution is 2.26. The number of aromatic nitrogens is 1. The molecule has 0 radical (unpaired) electrons. The molecule has 0 saturated carbocycles. The number of nitrogens with one attached hydrogen (secondary N) is 1. The lowest BCUT2D eigenvalue weighted by molar-refractivity contribution is 0.123. The lowest BCUT2D eigenvalue weighted by Gasteiger charge is -2.30. The molecule has 0 bridgehead atoms. The van der Waals surface area contributed by atoms with Crippen LogP contribution in [0, 0.1) is 0 Å². The molecule has 4 nitrogen and oxygen atoms in total. The molecule has 2 heterocycles. The summed E-state index contributed by atoms with van der Waals surface area (Å²) in [6, 6.07) is 8.43. The minimum atomic E-state index is 0.777. The van der Waals surface area contributed by atoms with E-state index in [4.69, 9.17) is 4.74 Å². The minimum absolute atomic E-state index is 0.777. The zero-order chi connectivity index (χ0) is 12.9. The van der Waals surface area contributed by atoms with E-state index in [9.17, 15) is 0 Å². The zero-order valence-corrected chi connectivity index (χ0v) is 11.5. The number of morpholine rings is 1. The third kappa shape index (κ3) is 3.05. The highest BCUT2D eigenvalue weighted by Gasteiger charge is 2.14. The third-order valence-corrected chi connectivity index (χ3v) is 3.95. The van der Waals surface area contributed by atoms with Gasteiger partial charge >= 0.3 is 0 Å². The lowest BCUT2D eigenvalue weighted by atomic mass is 10.2. The molecule has 0 amide bonds. The van der Waals surface area contributed by atoms with Crippen LogP contribution < -0.4 is 10.2 Å². The molecule has 1 aromatic carbocycles. The van der Waals surface area contributed by atoms with Crippen LogP contribution in [0.2, 0.25) is 0 Å². The molecule has 1 aliphatic rings. The molecule has 1 aliphatic heterocycles. The Balaban J connectivity index is 1.73. The Kier molecular flexibility index (Phi) is 3.95. The Labute approximate surface area is 117 Å². The van der Waals surface area contributed by atoms with Crippen LogP contribution in [-0.2, 0) is 11.3 Å². The molecule has 0 atom stereocenters. The molecule has 0 aliphatic carbocycles.